The SMILES string of the molecule is CC1CN(C(=O)c2ccccn2)CC2(CCN(CCc3cccc(OC(F)(F)F)c3)CC2)O1. The number of alkyl halides is 3. The van der Waals surface area contributed by atoms with E-state index in [0.29, 0.717) is 25.2 Å². The minimum absolute atomic E-state index is 0.0608. The topological polar surface area (TPSA) is 54.9 Å². The Morgan fingerprint density at radius 1 is 1.21 bits per heavy atom. The summed E-state index contributed by atoms with van der Waals surface area (Å²) >= 11 is 0. The Morgan fingerprint density at radius 2 is 2.00 bits per heavy atom. The van der Waals surface area contributed by atoms with Crippen molar-refractivity contribution >= 4 is 5.91 Å². The van der Waals surface area contributed by atoms with E-state index in [2.05, 4.69) is 14.6 Å². The van der Waals surface area contributed by atoms with Crippen molar-refractivity contribution in [3.8, 4) is 5.75 Å². The molecular formula is C24H28F3N3O3. The second kappa shape index (κ2) is 9.69. The van der Waals surface area contributed by atoms with Crippen molar-refractivity contribution in [3.63, 3.8) is 0 Å². The second-order valence-corrected chi connectivity index (χ2v) is 8.80. The molecule has 0 saturated carbocycles. The highest BCUT2D eigenvalue weighted by Gasteiger charge is 2.43. The first-order valence-corrected chi connectivity index (χ1v) is 11.2. The Balaban J connectivity index is 1.31. The average Bonchev–Trinajstić information content (AvgIpc) is 2.77. The number of morpholine rings is 1. The van der Waals surface area contributed by atoms with Gasteiger partial charge in [-0.05, 0) is 56.0 Å². The van der Waals surface area contributed by atoms with Crippen LogP contribution in [0.1, 0.15) is 35.8 Å². The molecule has 2 aliphatic rings. The standard InChI is InChI=1S/C24H28F3N3O3/c1-18-16-30(22(31)21-7-2-3-11-28-21)17-23(32-18)9-13-29(14-10-23)12-8-19-5-4-6-20(15-19)33-24(25,26)27/h2-7,11,15,18H,8-10,12-14,16-17H2,1H3. The van der Waals surface area contributed by atoms with Gasteiger partial charge in [0.15, 0.2) is 0 Å². The number of carbonyl (C=O) groups excluding carboxylic acids is 1. The Morgan fingerprint density at radius 3 is 2.70 bits per heavy atom. The molecule has 1 unspecified atom stereocenters. The molecular weight excluding hydrogens is 435 g/mol. The van der Waals surface area contributed by atoms with E-state index in [4.69, 9.17) is 4.74 Å². The summed E-state index contributed by atoms with van der Waals surface area (Å²) in [6.07, 6.45) is -0.918. The van der Waals surface area contributed by atoms with Gasteiger partial charge < -0.3 is 19.3 Å². The van der Waals surface area contributed by atoms with Crippen LogP contribution in [0.4, 0.5) is 13.2 Å². The zero-order valence-electron chi connectivity index (χ0n) is 18.6. The van der Waals surface area contributed by atoms with Gasteiger partial charge in [0.2, 0.25) is 0 Å². The normalized spacial score (nSPS) is 21.2. The molecule has 1 atom stereocenters. The molecule has 2 aliphatic heterocycles. The number of ether oxygens (including phenoxy) is 2. The number of rotatable bonds is 5. The molecule has 0 radical (unpaired) electrons. The minimum Gasteiger partial charge on any atom is -0.406 e. The molecule has 2 fully saturated rings. The van der Waals surface area contributed by atoms with E-state index in [1.54, 1.807) is 24.4 Å². The lowest BCUT2D eigenvalue weighted by molar-refractivity contribution is -0.274. The molecule has 0 bridgehead atoms. The van der Waals surface area contributed by atoms with Gasteiger partial charge in [0.1, 0.15) is 11.4 Å². The van der Waals surface area contributed by atoms with Crippen LogP contribution in [0.25, 0.3) is 0 Å². The van der Waals surface area contributed by atoms with Crippen molar-refractivity contribution in [2.45, 2.75) is 44.3 Å². The molecule has 2 aromatic rings. The summed E-state index contributed by atoms with van der Waals surface area (Å²) in [6.45, 7) is 5.41. The molecule has 1 aromatic heterocycles. The first-order chi connectivity index (χ1) is 15.7. The highest BCUT2D eigenvalue weighted by atomic mass is 19.4. The molecule has 2 saturated heterocycles. The predicted molar refractivity (Wildman–Crippen MR) is 116 cm³/mol. The lowest BCUT2D eigenvalue weighted by atomic mass is 9.88. The van der Waals surface area contributed by atoms with E-state index in [9.17, 15) is 18.0 Å². The van der Waals surface area contributed by atoms with Crippen molar-refractivity contribution < 1.29 is 27.4 Å². The van der Waals surface area contributed by atoms with Gasteiger partial charge in [-0.1, -0.05) is 18.2 Å². The third-order valence-corrected chi connectivity index (χ3v) is 6.19. The van der Waals surface area contributed by atoms with Crippen LogP contribution in [0.15, 0.2) is 48.7 Å². The smallest absolute Gasteiger partial charge is 0.406 e. The molecule has 4 rings (SSSR count). The van der Waals surface area contributed by atoms with Crippen molar-refractivity contribution in [1.29, 1.82) is 0 Å². The summed E-state index contributed by atoms with van der Waals surface area (Å²) in [4.78, 5) is 21.3. The number of nitrogens with zero attached hydrogens (tertiary/aromatic N) is 3. The summed E-state index contributed by atoms with van der Waals surface area (Å²) in [5.41, 5.74) is 0.863. The van der Waals surface area contributed by atoms with Crippen LogP contribution in [0, 0.1) is 0 Å². The lowest BCUT2D eigenvalue weighted by Gasteiger charge is -2.49. The largest absolute Gasteiger partial charge is 0.573 e. The first-order valence-electron chi connectivity index (χ1n) is 11.2. The quantitative estimate of drug-likeness (QED) is 0.673. The highest BCUT2D eigenvalue weighted by molar-refractivity contribution is 5.92. The van der Waals surface area contributed by atoms with Crippen LogP contribution in [0.3, 0.4) is 0 Å². The molecule has 3 heterocycles. The molecule has 1 spiro atoms. The number of halogens is 3. The van der Waals surface area contributed by atoms with E-state index in [-0.39, 0.29) is 23.4 Å². The number of amides is 1. The van der Waals surface area contributed by atoms with E-state index in [1.807, 2.05) is 24.0 Å². The van der Waals surface area contributed by atoms with Crippen molar-refractivity contribution in [2.75, 3.05) is 32.7 Å². The fourth-order valence-corrected chi connectivity index (χ4v) is 4.68. The summed E-state index contributed by atoms with van der Waals surface area (Å²) in [6, 6.07) is 11.5. The molecule has 6 nitrogen and oxygen atoms in total. The van der Waals surface area contributed by atoms with Gasteiger partial charge in [0, 0.05) is 32.4 Å². The molecule has 33 heavy (non-hydrogen) atoms. The second-order valence-electron chi connectivity index (χ2n) is 8.80. The van der Waals surface area contributed by atoms with Gasteiger partial charge in [-0.15, -0.1) is 13.2 Å². The maximum atomic E-state index is 12.9. The van der Waals surface area contributed by atoms with Crippen molar-refractivity contribution in [3.05, 3.63) is 59.9 Å². The van der Waals surface area contributed by atoms with Crippen molar-refractivity contribution in [1.82, 2.24) is 14.8 Å². The summed E-state index contributed by atoms with van der Waals surface area (Å²) in [5.74, 6) is -0.270. The van der Waals surface area contributed by atoms with Gasteiger partial charge in [0.05, 0.1) is 18.2 Å². The average molecular weight is 464 g/mol. The summed E-state index contributed by atoms with van der Waals surface area (Å²) < 4.78 is 47.7. The van der Waals surface area contributed by atoms with Gasteiger partial charge >= 0.3 is 6.36 Å². The number of hydrogen-bond donors (Lipinski definition) is 0. The van der Waals surface area contributed by atoms with Crippen LogP contribution in [0.5, 0.6) is 5.75 Å². The molecule has 0 aliphatic carbocycles. The monoisotopic (exact) mass is 463 g/mol. The molecule has 1 amide bonds. The zero-order valence-corrected chi connectivity index (χ0v) is 18.6. The van der Waals surface area contributed by atoms with E-state index < -0.39 is 6.36 Å². The highest BCUT2D eigenvalue weighted by Crippen LogP contribution is 2.33. The van der Waals surface area contributed by atoms with E-state index >= 15 is 0 Å². The van der Waals surface area contributed by atoms with Gasteiger partial charge in [-0.3, -0.25) is 9.78 Å². The number of benzene rings is 1. The van der Waals surface area contributed by atoms with Crippen LogP contribution >= 0.6 is 0 Å². The zero-order chi connectivity index (χ0) is 23.5. The minimum atomic E-state index is -4.69. The van der Waals surface area contributed by atoms with E-state index in [1.165, 1.54) is 12.1 Å². The van der Waals surface area contributed by atoms with Gasteiger partial charge in [0.25, 0.3) is 5.91 Å². The fourth-order valence-electron chi connectivity index (χ4n) is 4.68. The third kappa shape index (κ3) is 6.23. The van der Waals surface area contributed by atoms with Crippen LogP contribution in [-0.4, -0.2) is 71.5 Å². The molecule has 9 heteroatoms. The number of pyridine rings is 1. The summed E-state index contributed by atoms with van der Waals surface area (Å²) in [5, 5.41) is 0. The van der Waals surface area contributed by atoms with Gasteiger partial charge in [-0.25, -0.2) is 0 Å². The number of piperidine rings is 1. The molecule has 0 N–H and O–H groups in total. The number of carbonyl (C=O) groups is 1. The Bertz CT molecular complexity index is 947. The van der Waals surface area contributed by atoms with Crippen molar-refractivity contribution in [2.24, 2.45) is 0 Å². The number of hydrogen-bond acceptors (Lipinski definition) is 5. The fraction of sp³-hybridized carbons (Fsp3) is 0.500. The molecule has 178 valence electrons. The van der Waals surface area contributed by atoms with Gasteiger partial charge in [-0.2, -0.15) is 0 Å². The maximum Gasteiger partial charge on any atom is 0.573 e. The lowest BCUT2D eigenvalue weighted by Crippen LogP contribution is -2.60. The molecule has 1 aromatic carbocycles. The Labute approximate surface area is 191 Å². The summed E-state index contributed by atoms with van der Waals surface area (Å²) in [7, 11) is 0. The third-order valence-electron chi connectivity index (χ3n) is 6.19. The van der Waals surface area contributed by atoms with Crippen LogP contribution < -0.4 is 4.74 Å². The van der Waals surface area contributed by atoms with E-state index in [0.717, 1.165) is 38.0 Å². The maximum absolute atomic E-state index is 12.9. The first kappa shape index (κ1) is 23.5. The Kier molecular flexibility index (Phi) is 6.90. The van der Waals surface area contributed by atoms with Crippen LogP contribution in [-0.2, 0) is 11.2 Å². The Hall–Kier alpha value is -2.65. The van der Waals surface area contributed by atoms with Crippen LogP contribution in [0.2, 0.25) is 0 Å². The number of likely N-dealkylation sites (tertiary alicyclic amines) is 1. The number of aromatic nitrogens is 1. The predicted octanol–water partition coefficient (Wildman–Crippen LogP) is 3.92.